The molecule has 116 valence electrons. The molecule has 1 aromatic carbocycles. The average molecular weight is 298 g/mol. The quantitative estimate of drug-likeness (QED) is 0.835. The second-order valence-electron chi connectivity index (χ2n) is 5.20. The largest absolute Gasteiger partial charge is 0.418 e. The van der Waals surface area contributed by atoms with Crippen LogP contribution in [0.25, 0.3) is 6.08 Å². The van der Waals surface area contributed by atoms with Crippen LogP contribution in [0.5, 0.6) is 0 Å². The number of allylic oxidation sites excluding steroid dienone is 1. The van der Waals surface area contributed by atoms with E-state index in [-0.39, 0.29) is 0 Å². The molecule has 0 bridgehead atoms. The van der Waals surface area contributed by atoms with Gasteiger partial charge < -0.3 is 9.80 Å². The Kier molecular flexibility index (Phi) is 4.93. The molecule has 0 unspecified atom stereocenters. The number of hydrogen-bond donors (Lipinski definition) is 0. The van der Waals surface area contributed by atoms with Crippen LogP contribution in [0.1, 0.15) is 25.0 Å². The van der Waals surface area contributed by atoms with Crippen LogP contribution in [0.2, 0.25) is 0 Å². The van der Waals surface area contributed by atoms with Crippen molar-refractivity contribution in [3.63, 3.8) is 0 Å². The van der Waals surface area contributed by atoms with Gasteiger partial charge in [0.1, 0.15) is 0 Å². The van der Waals surface area contributed by atoms with Crippen molar-refractivity contribution in [1.29, 1.82) is 0 Å². The zero-order valence-electron chi connectivity index (χ0n) is 12.5. The van der Waals surface area contributed by atoms with Crippen molar-refractivity contribution < 1.29 is 13.2 Å². The SMILES string of the molecule is C/C=C/c1ccc(N2CCN(CC)CC2)c(C(F)(F)F)c1. The summed E-state index contributed by atoms with van der Waals surface area (Å²) in [5, 5.41) is 0. The third-order valence-electron chi connectivity index (χ3n) is 3.85. The van der Waals surface area contributed by atoms with Gasteiger partial charge in [-0.25, -0.2) is 0 Å². The molecular formula is C16H21F3N2. The van der Waals surface area contributed by atoms with Gasteiger partial charge in [0.15, 0.2) is 0 Å². The Bertz CT molecular complexity index is 501. The minimum atomic E-state index is -4.32. The van der Waals surface area contributed by atoms with E-state index in [9.17, 15) is 13.2 Å². The maximum atomic E-state index is 13.3. The fourth-order valence-electron chi connectivity index (χ4n) is 2.66. The fourth-order valence-corrected chi connectivity index (χ4v) is 2.66. The average Bonchev–Trinajstić information content (AvgIpc) is 2.47. The number of anilines is 1. The molecule has 2 rings (SSSR count). The normalized spacial score (nSPS) is 17.7. The molecule has 5 heteroatoms. The number of likely N-dealkylation sites (N-methyl/N-ethyl adjacent to an activating group) is 1. The summed E-state index contributed by atoms with van der Waals surface area (Å²) in [5.74, 6) is 0. The van der Waals surface area contributed by atoms with Gasteiger partial charge in [0.2, 0.25) is 0 Å². The van der Waals surface area contributed by atoms with Crippen LogP contribution >= 0.6 is 0 Å². The molecule has 0 atom stereocenters. The Morgan fingerprint density at radius 3 is 2.33 bits per heavy atom. The summed E-state index contributed by atoms with van der Waals surface area (Å²) in [6, 6.07) is 4.58. The zero-order chi connectivity index (χ0) is 15.5. The van der Waals surface area contributed by atoms with Crippen LogP contribution in [0.3, 0.4) is 0 Å². The summed E-state index contributed by atoms with van der Waals surface area (Å²) in [4.78, 5) is 4.09. The lowest BCUT2D eigenvalue weighted by Crippen LogP contribution is -2.46. The lowest BCUT2D eigenvalue weighted by molar-refractivity contribution is -0.137. The summed E-state index contributed by atoms with van der Waals surface area (Å²) in [5.41, 5.74) is 0.343. The number of alkyl halides is 3. The van der Waals surface area contributed by atoms with Gasteiger partial charge in [0.25, 0.3) is 0 Å². The van der Waals surface area contributed by atoms with E-state index < -0.39 is 11.7 Å². The van der Waals surface area contributed by atoms with E-state index in [1.807, 2.05) is 4.90 Å². The first-order valence-corrected chi connectivity index (χ1v) is 7.27. The molecule has 21 heavy (non-hydrogen) atoms. The highest BCUT2D eigenvalue weighted by Gasteiger charge is 2.35. The summed E-state index contributed by atoms with van der Waals surface area (Å²) in [7, 11) is 0. The minimum Gasteiger partial charge on any atom is -0.368 e. The molecule has 1 saturated heterocycles. The molecule has 2 nitrogen and oxygen atoms in total. The molecular weight excluding hydrogens is 277 g/mol. The molecule has 0 aromatic heterocycles. The summed E-state index contributed by atoms with van der Waals surface area (Å²) >= 11 is 0. The maximum absolute atomic E-state index is 13.3. The molecule has 0 spiro atoms. The molecule has 1 aliphatic heterocycles. The predicted octanol–water partition coefficient (Wildman–Crippen LogP) is 3.88. The van der Waals surface area contributed by atoms with E-state index in [4.69, 9.17) is 0 Å². The van der Waals surface area contributed by atoms with Crippen LogP contribution in [0, 0.1) is 0 Å². The third kappa shape index (κ3) is 3.79. The van der Waals surface area contributed by atoms with Crippen molar-refractivity contribution in [3.8, 4) is 0 Å². The van der Waals surface area contributed by atoms with Gasteiger partial charge in [-0.2, -0.15) is 13.2 Å². The first-order chi connectivity index (χ1) is 9.95. The number of hydrogen-bond acceptors (Lipinski definition) is 2. The number of benzene rings is 1. The van der Waals surface area contributed by atoms with Crippen molar-refractivity contribution in [2.45, 2.75) is 20.0 Å². The van der Waals surface area contributed by atoms with Gasteiger partial charge in [-0.15, -0.1) is 0 Å². The molecule has 1 heterocycles. The topological polar surface area (TPSA) is 6.48 Å². The van der Waals surface area contributed by atoms with Crippen molar-refractivity contribution >= 4 is 11.8 Å². The van der Waals surface area contributed by atoms with E-state index in [2.05, 4.69) is 11.8 Å². The number of nitrogens with zero attached hydrogens (tertiary/aromatic N) is 2. The van der Waals surface area contributed by atoms with Gasteiger partial charge in [-0.1, -0.05) is 25.1 Å². The van der Waals surface area contributed by atoms with E-state index in [0.717, 1.165) is 19.6 Å². The van der Waals surface area contributed by atoms with Gasteiger partial charge in [0.05, 0.1) is 5.56 Å². The van der Waals surface area contributed by atoms with Crippen LogP contribution in [0.4, 0.5) is 18.9 Å². The number of piperazine rings is 1. The van der Waals surface area contributed by atoms with Gasteiger partial charge in [0, 0.05) is 31.9 Å². The molecule has 1 aliphatic rings. The van der Waals surface area contributed by atoms with E-state index in [0.29, 0.717) is 24.3 Å². The number of rotatable bonds is 3. The van der Waals surface area contributed by atoms with Gasteiger partial charge in [-0.05, 0) is 31.2 Å². The van der Waals surface area contributed by atoms with E-state index >= 15 is 0 Å². The zero-order valence-corrected chi connectivity index (χ0v) is 12.5. The lowest BCUT2D eigenvalue weighted by Gasteiger charge is -2.36. The summed E-state index contributed by atoms with van der Waals surface area (Å²) in [6.45, 7) is 7.71. The summed E-state index contributed by atoms with van der Waals surface area (Å²) < 4.78 is 39.9. The molecule has 1 aromatic rings. The Hall–Kier alpha value is -1.49. The molecule has 0 radical (unpaired) electrons. The molecule has 0 N–H and O–H groups in total. The minimum absolute atomic E-state index is 0.298. The Morgan fingerprint density at radius 1 is 1.14 bits per heavy atom. The van der Waals surface area contributed by atoms with E-state index in [1.165, 1.54) is 6.07 Å². The first-order valence-electron chi connectivity index (χ1n) is 7.27. The van der Waals surface area contributed by atoms with E-state index in [1.54, 1.807) is 31.2 Å². The Morgan fingerprint density at radius 2 is 1.81 bits per heavy atom. The monoisotopic (exact) mass is 298 g/mol. The molecule has 0 amide bonds. The standard InChI is InChI=1S/C16H21F3N2/c1-3-5-13-6-7-15(14(12-13)16(17,18)19)21-10-8-20(4-2)9-11-21/h3,5-7,12H,4,8-11H2,1-2H3/b5-3+. The van der Waals surface area contributed by atoms with Crippen LogP contribution < -0.4 is 4.90 Å². The predicted molar refractivity (Wildman–Crippen MR) is 80.5 cm³/mol. The fraction of sp³-hybridized carbons (Fsp3) is 0.500. The van der Waals surface area contributed by atoms with Crippen molar-refractivity contribution in [1.82, 2.24) is 4.90 Å². The first kappa shape index (κ1) is 15.9. The second kappa shape index (κ2) is 6.52. The van der Waals surface area contributed by atoms with Crippen LogP contribution in [-0.2, 0) is 6.18 Å². The maximum Gasteiger partial charge on any atom is 0.418 e. The van der Waals surface area contributed by atoms with Crippen molar-refractivity contribution in [2.75, 3.05) is 37.6 Å². The molecule has 1 fully saturated rings. The van der Waals surface area contributed by atoms with Crippen molar-refractivity contribution in [3.05, 3.63) is 35.4 Å². The van der Waals surface area contributed by atoms with Crippen molar-refractivity contribution in [2.24, 2.45) is 0 Å². The van der Waals surface area contributed by atoms with Crippen LogP contribution in [0.15, 0.2) is 24.3 Å². The third-order valence-corrected chi connectivity index (χ3v) is 3.85. The van der Waals surface area contributed by atoms with Crippen LogP contribution in [-0.4, -0.2) is 37.6 Å². The smallest absolute Gasteiger partial charge is 0.368 e. The number of halogens is 3. The van der Waals surface area contributed by atoms with Gasteiger partial charge >= 0.3 is 6.18 Å². The lowest BCUT2D eigenvalue weighted by atomic mass is 10.1. The second-order valence-corrected chi connectivity index (χ2v) is 5.20. The highest BCUT2D eigenvalue weighted by atomic mass is 19.4. The Labute approximate surface area is 123 Å². The molecule has 0 aliphatic carbocycles. The summed E-state index contributed by atoms with van der Waals surface area (Å²) in [6.07, 6.45) is -0.891. The van der Waals surface area contributed by atoms with Gasteiger partial charge in [-0.3, -0.25) is 0 Å². The Balaban J connectivity index is 2.30. The molecule has 0 saturated carbocycles. The highest BCUT2D eigenvalue weighted by molar-refractivity contribution is 5.62. The highest BCUT2D eigenvalue weighted by Crippen LogP contribution is 2.37.